The van der Waals surface area contributed by atoms with Crippen LogP contribution in [-0.2, 0) is 0 Å². The van der Waals surface area contributed by atoms with Crippen LogP contribution in [0.15, 0.2) is 33.4 Å². The Morgan fingerprint density at radius 2 is 1.85 bits per heavy atom. The summed E-state index contributed by atoms with van der Waals surface area (Å²) in [7, 11) is 0. The molecule has 3 rings (SSSR count). The monoisotopic (exact) mass is 358 g/mol. The van der Waals surface area contributed by atoms with Crippen molar-refractivity contribution >= 4 is 27.5 Å². The van der Waals surface area contributed by atoms with Crippen molar-refractivity contribution in [3.8, 4) is 11.5 Å². The molecule has 106 valence electrons. The predicted octanol–water partition coefficient (Wildman–Crippen LogP) is 3.94. The van der Waals surface area contributed by atoms with Crippen LogP contribution in [0.1, 0.15) is 23.8 Å². The van der Waals surface area contributed by atoms with Gasteiger partial charge in [-0.25, -0.2) is 0 Å². The van der Waals surface area contributed by atoms with Crippen LogP contribution in [0.4, 0.5) is 0 Å². The molecule has 0 saturated carbocycles. The highest BCUT2D eigenvalue weighted by molar-refractivity contribution is 9.10. The number of benzene rings is 1. The van der Waals surface area contributed by atoms with Gasteiger partial charge in [-0.3, -0.25) is 0 Å². The van der Waals surface area contributed by atoms with Crippen LogP contribution < -0.4 is 9.47 Å². The van der Waals surface area contributed by atoms with E-state index in [0.29, 0.717) is 45.7 Å². The number of furan rings is 1. The van der Waals surface area contributed by atoms with E-state index in [1.54, 1.807) is 24.3 Å². The molecule has 0 fully saturated rings. The highest BCUT2D eigenvalue weighted by atomic mass is 79.9. The number of ether oxygens (including phenoxy) is 2. The molecule has 0 amide bonds. The van der Waals surface area contributed by atoms with Crippen LogP contribution >= 0.6 is 27.5 Å². The van der Waals surface area contributed by atoms with E-state index >= 15 is 0 Å². The second kappa shape index (κ2) is 5.68. The van der Waals surface area contributed by atoms with Gasteiger partial charge in [0.05, 0.1) is 18.2 Å². The molecule has 1 N–H and O–H groups in total. The molecule has 2 aromatic rings. The summed E-state index contributed by atoms with van der Waals surface area (Å²) in [5.41, 5.74) is 0.526. The Bertz CT molecular complexity index is 626. The maximum absolute atomic E-state index is 10.4. The molecular weight excluding hydrogens is 348 g/mol. The first-order chi connectivity index (χ1) is 9.65. The minimum absolute atomic E-state index is 0.410. The van der Waals surface area contributed by atoms with Crippen LogP contribution in [0, 0.1) is 0 Å². The zero-order chi connectivity index (χ0) is 14.1. The molecule has 20 heavy (non-hydrogen) atoms. The quantitative estimate of drug-likeness (QED) is 0.882. The maximum Gasteiger partial charge on any atom is 0.169 e. The molecule has 4 nitrogen and oxygen atoms in total. The molecule has 0 radical (unpaired) electrons. The van der Waals surface area contributed by atoms with Crippen LogP contribution in [0.25, 0.3) is 0 Å². The number of hydrogen-bond donors (Lipinski definition) is 1. The lowest BCUT2D eigenvalue weighted by atomic mass is 10.1. The summed E-state index contributed by atoms with van der Waals surface area (Å²) in [6, 6.07) is 6.77. The van der Waals surface area contributed by atoms with Gasteiger partial charge in [-0.1, -0.05) is 11.6 Å². The zero-order valence-corrected chi connectivity index (χ0v) is 12.8. The second-order valence-corrected chi connectivity index (χ2v) is 5.60. The van der Waals surface area contributed by atoms with E-state index in [4.69, 9.17) is 25.5 Å². The molecule has 1 aromatic heterocycles. The Kier molecular flexibility index (Phi) is 3.92. The number of rotatable bonds is 2. The summed E-state index contributed by atoms with van der Waals surface area (Å²) in [4.78, 5) is 0. The van der Waals surface area contributed by atoms with E-state index in [9.17, 15) is 5.11 Å². The van der Waals surface area contributed by atoms with Gasteiger partial charge in [0.2, 0.25) is 0 Å². The normalized spacial score (nSPS) is 15.8. The minimum Gasteiger partial charge on any atom is -0.490 e. The first kappa shape index (κ1) is 13.8. The van der Waals surface area contributed by atoms with Gasteiger partial charge in [-0.15, -0.1) is 0 Å². The zero-order valence-electron chi connectivity index (χ0n) is 10.4. The lowest BCUT2D eigenvalue weighted by molar-refractivity contribution is 0.187. The lowest BCUT2D eigenvalue weighted by Gasteiger charge is -2.14. The number of hydrogen-bond acceptors (Lipinski definition) is 4. The van der Waals surface area contributed by atoms with E-state index in [0.717, 1.165) is 6.42 Å². The van der Waals surface area contributed by atoms with E-state index in [-0.39, 0.29) is 0 Å². The molecule has 0 saturated heterocycles. The predicted molar refractivity (Wildman–Crippen MR) is 77.5 cm³/mol. The Morgan fingerprint density at radius 3 is 2.50 bits per heavy atom. The molecule has 6 heteroatoms. The van der Waals surface area contributed by atoms with Crippen molar-refractivity contribution in [2.75, 3.05) is 13.2 Å². The third-order valence-corrected chi connectivity index (χ3v) is 3.78. The van der Waals surface area contributed by atoms with Gasteiger partial charge in [-0.2, -0.15) is 0 Å². The Balaban J connectivity index is 1.99. The highest BCUT2D eigenvalue weighted by Crippen LogP contribution is 2.39. The molecule has 2 heterocycles. The van der Waals surface area contributed by atoms with Gasteiger partial charge in [0.15, 0.2) is 16.2 Å². The molecule has 1 aliphatic rings. The highest BCUT2D eigenvalue weighted by Gasteiger charge is 2.21. The maximum atomic E-state index is 10.4. The van der Waals surface area contributed by atoms with Crippen molar-refractivity contribution in [3.63, 3.8) is 0 Å². The third kappa shape index (κ3) is 2.66. The number of aliphatic hydroxyl groups is 1. The molecule has 1 atom stereocenters. The van der Waals surface area contributed by atoms with Gasteiger partial charge < -0.3 is 19.0 Å². The van der Waals surface area contributed by atoms with Crippen molar-refractivity contribution < 1.29 is 19.0 Å². The average molecular weight is 360 g/mol. The number of fused-ring (bicyclic) bond motifs is 1. The Hall–Kier alpha value is -1.17. The van der Waals surface area contributed by atoms with E-state index < -0.39 is 6.10 Å². The van der Waals surface area contributed by atoms with Gasteiger partial charge in [-0.05, 0) is 34.1 Å². The minimum atomic E-state index is -0.953. The summed E-state index contributed by atoms with van der Waals surface area (Å²) >= 11 is 9.42. The fourth-order valence-electron chi connectivity index (χ4n) is 2.04. The lowest BCUT2D eigenvalue weighted by Crippen LogP contribution is -2.01. The molecular formula is C14H12BrClO4. The first-order valence-electron chi connectivity index (χ1n) is 6.17. The van der Waals surface area contributed by atoms with Crippen LogP contribution in [0.3, 0.4) is 0 Å². The number of aliphatic hydroxyl groups excluding tert-OH is 1. The first-order valence-corrected chi connectivity index (χ1v) is 7.34. The number of halogens is 2. The van der Waals surface area contributed by atoms with Crippen molar-refractivity contribution in [2.45, 2.75) is 12.5 Å². The Labute approximate surface area is 129 Å². The average Bonchev–Trinajstić information content (AvgIpc) is 2.73. The van der Waals surface area contributed by atoms with E-state index in [1.807, 2.05) is 0 Å². The Morgan fingerprint density at radius 1 is 1.15 bits per heavy atom. The topological polar surface area (TPSA) is 51.8 Å². The largest absolute Gasteiger partial charge is 0.490 e. The van der Waals surface area contributed by atoms with Crippen LogP contribution in [0.5, 0.6) is 11.5 Å². The molecule has 0 bridgehead atoms. The van der Waals surface area contributed by atoms with Crippen molar-refractivity contribution in [1.82, 2.24) is 0 Å². The van der Waals surface area contributed by atoms with Crippen molar-refractivity contribution in [2.24, 2.45) is 0 Å². The van der Waals surface area contributed by atoms with Crippen molar-refractivity contribution in [1.29, 1.82) is 0 Å². The summed E-state index contributed by atoms with van der Waals surface area (Å²) in [5.74, 6) is 1.60. The molecule has 1 aromatic carbocycles. The smallest absolute Gasteiger partial charge is 0.169 e. The molecule has 0 aliphatic carbocycles. The summed E-state index contributed by atoms with van der Waals surface area (Å²) in [5, 5.41) is 10.8. The van der Waals surface area contributed by atoms with Crippen LogP contribution in [0.2, 0.25) is 5.02 Å². The third-order valence-electron chi connectivity index (χ3n) is 3.02. The fourth-order valence-corrected chi connectivity index (χ4v) is 2.61. The molecule has 1 unspecified atom stereocenters. The van der Waals surface area contributed by atoms with E-state index in [2.05, 4.69) is 15.9 Å². The van der Waals surface area contributed by atoms with Gasteiger partial charge >= 0.3 is 0 Å². The summed E-state index contributed by atoms with van der Waals surface area (Å²) in [6.07, 6.45) is -0.138. The van der Waals surface area contributed by atoms with Gasteiger partial charge in [0, 0.05) is 18.1 Å². The second-order valence-electron chi connectivity index (χ2n) is 4.42. The fraction of sp³-hybridized carbons (Fsp3) is 0.286. The standard InChI is InChI=1S/C14H12BrClO4/c15-13-3-2-10(20-13)14(17)8-6-11-12(7-9(8)16)19-5-1-4-18-11/h2-3,6-7,14,17H,1,4-5H2. The van der Waals surface area contributed by atoms with Crippen LogP contribution in [-0.4, -0.2) is 18.3 Å². The van der Waals surface area contributed by atoms with Gasteiger partial charge in [0.1, 0.15) is 11.9 Å². The molecule has 1 aliphatic heterocycles. The molecule has 0 spiro atoms. The van der Waals surface area contributed by atoms with E-state index in [1.165, 1.54) is 0 Å². The summed E-state index contributed by atoms with van der Waals surface area (Å²) in [6.45, 7) is 1.17. The SMILES string of the molecule is OC(c1ccc(Br)o1)c1cc2c(cc1Cl)OCCCO2. The van der Waals surface area contributed by atoms with Crippen molar-refractivity contribution in [3.05, 3.63) is 45.3 Å². The summed E-state index contributed by atoms with van der Waals surface area (Å²) < 4.78 is 17.1. The van der Waals surface area contributed by atoms with Gasteiger partial charge in [0.25, 0.3) is 0 Å².